The zero-order valence-corrected chi connectivity index (χ0v) is 7.96. The van der Waals surface area contributed by atoms with Crippen LogP contribution in [0.15, 0.2) is 0 Å². The topological polar surface area (TPSA) is 29.0 Å². The summed E-state index contributed by atoms with van der Waals surface area (Å²) in [6, 6.07) is 0. The molecule has 1 rings (SSSR count). The summed E-state index contributed by atoms with van der Waals surface area (Å²) in [6.45, 7) is 0. The summed E-state index contributed by atoms with van der Waals surface area (Å²) in [5.41, 5.74) is 0. The maximum atomic E-state index is 12.4. The van der Waals surface area contributed by atoms with E-state index in [9.17, 15) is 8.78 Å². The molecule has 3 nitrogen and oxygen atoms in total. The minimum absolute atomic E-state index is 0.408. The normalized spacial score (nSPS) is 11.8. The Morgan fingerprint density at radius 3 is 2.25 bits per heavy atom. The van der Waals surface area contributed by atoms with Crippen molar-refractivity contribution >= 4 is 28.1 Å². The summed E-state index contributed by atoms with van der Waals surface area (Å²) in [4.78, 5) is 1.59. The Hall–Kier alpha value is -0.490. The highest BCUT2D eigenvalue weighted by molar-refractivity contribution is 7.15. The highest BCUT2D eigenvalue weighted by Crippen LogP contribution is 2.35. The summed E-state index contributed by atoms with van der Waals surface area (Å²) < 4.78 is 24.8. The van der Waals surface area contributed by atoms with Crippen LogP contribution in [-0.2, 0) is 5.38 Å². The molecule has 12 heavy (non-hydrogen) atoms. The molecule has 0 unspecified atom stereocenters. The maximum absolute atomic E-state index is 12.4. The molecule has 0 aliphatic carbocycles. The summed E-state index contributed by atoms with van der Waals surface area (Å²) in [5, 5.41) is 3.28. The van der Waals surface area contributed by atoms with Crippen LogP contribution < -0.4 is 4.90 Å². The first-order valence-corrected chi connectivity index (χ1v) is 4.18. The van der Waals surface area contributed by atoms with Crippen molar-refractivity contribution in [2.24, 2.45) is 0 Å². The Bertz CT molecular complexity index is 270. The zero-order chi connectivity index (χ0) is 9.35. The minimum Gasteiger partial charge on any atom is -0.353 e. The molecule has 0 fully saturated rings. The third-order valence-electron chi connectivity index (χ3n) is 1.04. The van der Waals surface area contributed by atoms with Crippen LogP contribution >= 0.6 is 22.9 Å². The van der Waals surface area contributed by atoms with Crippen LogP contribution in [0.3, 0.4) is 0 Å². The van der Waals surface area contributed by atoms with Crippen LogP contribution in [0, 0.1) is 0 Å². The summed E-state index contributed by atoms with van der Waals surface area (Å²) in [5.74, 6) is 0. The number of aromatic nitrogens is 2. The Balaban J connectivity index is 2.92. The van der Waals surface area contributed by atoms with E-state index in [1.165, 1.54) is 0 Å². The highest BCUT2D eigenvalue weighted by Gasteiger charge is 2.33. The average molecular weight is 214 g/mol. The van der Waals surface area contributed by atoms with Crippen LogP contribution in [0.2, 0.25) is 0 Å². The fraction of sp³-hybridized carbons (Fsp3) is 0.600. The lowest BCUT2D eigenvalue weighted by Gasteiger charge is -2.04. The molecule has 0 radical (unpaired) electrons. The first-order valence-electron chi connectivity index (χ1n) is 2.99. The van der Waals surface area contributed by atoms with Gasteiger partial charge in [-0.15, -0.1) is 10.2 Å². The van der Waals surface area contributed by atoms with Crippen molar-refractivity contribution in [3.8, 4) is 0 Å². The second kappa shape index (κ2) is 3.10. The van der Waals surface area contributed by atoms with Gasteiger partial charge in [0, 0.05) is 14.1 Å². The Morgan fingerprint density at radius 2 is 2.00 bits per heavy atom. The number of halogens is 3. The van der Waals surface area contributed by atoms with E-state index < -0.39 is 10.4 Å². The Morgan fingerprint density at radius 1 is 1.42 bits per heavy atom. The summed E-state index contributed by atoms with van der Waals surface area (Å²) in [6.07, 6.45) is 0. The van der Waals surface area contributed by atoms with E-state index in [1.54, 1.807) is 19.0 Å². The predicted octanol–water partition coefficient (Wildman–Crippen LogP) is 1.89. The van der Waals surface area contributed by atoms with Gasteiger partial charge in [0.05, 0.1) is 0 Å². The molecule has 1 aromatic rings. The molecule has 0 aromatic carbocycles. The van der Waals surface area contributed by atoms with Crippen LogP contribution in [0.4, 0.5) is 13.9 Å². The van der Waals surface area contributed by atoms with Crippen molar-refractivity contribution in [1.29, 1.82) is 0 Å². The molecule has 0 atom stereocenters. The van der Waals surface area contributed by atoms with Gasteiger partial charge in [0.2, 0.25) is 10.1 Å². The van der Waals surface area contributed by atoms with E-state index in [0.717, 1.165) is 11.3 Å². The number of rotatable bonds is 2. The number of anilines is 1. The van der Waals surface area contributed by atoms with Gasteiger partial charge in [0.1, 0.15) is 0 Å². The smallest absolute Gasteiger partial charge is 0.353 e. The van der Waals surface area contributed by atoms with Crippen molar-refractivity contribution in [3.05, 3.63) is 5.01 Å². The fourth-order valence-corrected chi connectivity index (χ4v) is 1.30. The van der Waals surface area contributed by atoms with Gasteiger partial charge < -0.3 is 4.90 Å². The molecular weight excluding hydrogens is 208 g/mol. The SMILES string of the molecule is CN(C)c1nnc(C(F)(F)Cl)s1. The average Bonchev–Trinajstić information content (AvgIpc) is 2.30. The molecule has 0 saturated carbocycles. The van der Waals surface area contributed by atoms with E-state index in [4.69, 9.17) is 11.6 Å². The van der Waals surface area contributed by atoms with Crippen molar-refractivity contribution < 1.29 is 8.78 Å². The molecule has 0 aliphatic heterocycles. The Kier molecular flexibility index (Phi) is 2.48. The maximum Gasteiger partial charge on any atom is 0.375 e. The fourth-order valence-electron chi connectivity index (χ4n) is 0.511. The molecule has 0 N–H and O–H groups in total. The molecule has 0 spiro atoms. The van der Waals surface area contributed by atoms with Gasteiger partial charge in [0.15, 0.2) is 0 Å². The number of hydrogen-bond donors (Lipinski definition) is 0. The summed E-state index contributed by atoms with van der Waals surface area (Å²) >= 11 is 5.50. The lowest BCUT2D eigenvalue weighted by atomic mass is 10.7. The largest absolute Gasteiger partial charge is 0.375 e. The number of alkyl halides is 3. The number of nitrogens with zero attached hydrogens (tertiary/aromatic N) is 3. The van der Waals surface area contributed by atoms with Crippen molar-refractivity contribution in [1.82, 2.24) is 10.2 Å². The number of hydrogen-bond acceptors (Lipinski definition) is 4. The van der Waals surface area contributed by atoms with Crippen molar-refractivity contribution in [2.45, 2.75) is 5.38 Å². The molecule has 0 aliphatic rings. The third-order valence-corrected chi connectivity index (χ3v) is 2.49. The molecule has 0 bridgehead atoms. The van der Waals surface area contributed by atoms with E-state index >= 15 is 0 Å². The molecule has 0 saturated heterocycles. The van der Waals surface area contributed by atoms with Gasteiger partial charge in [-0.25, -0.2) is 0 Å². The van der Waals surface area contributed by atoms with E-state index in [-0.39, 0.29) is 0 Å². The van der Waals surface area contributed by atoms with E-state index in [1.807, 2.05) is 0 Å². The van der Waals surface area contributed by atoms with Crippen LogP contribution in [0.25, 0.3) is 0 Å². The predicted molar refractivity (Wildman–Crippen MR) is 44.0 cm³/mol. The van der Waals surface area contributed by atoms with Crippen LogP contribution in [-0.4, -0.2) is 24.3 Å². The van der Waals surface area contributed by atoms with Gasteiger partial charge in [-0.1, -0.05) is 11.3 Å². The summed E-state index contributed by atoms with van der Waals surface area (Å²) in [7, 11) is 3.38. The van der Waals surface area contributed by atoms with Gasteiger partial charge in [0.25, 0.3) is 0 Å². The quantitative estimate of drug-likeness (QED) is 0.703. The Labute approximate surface area is 77.0 Å². The van der Waals surface area contributed by atoms with Gasteiger partial charge in [-0.2, -0.15) is 8.78 Å². The zero-order valence-electron chi connectivity index (χ0n) is 6.38. The monoisotopic (exact) mass is 213 g/mol. The second-order valence-corrected chi connectivity index (χ2v) is 3.71. The molecule has 1 heterocycles. The first-order chi connectivity index (χ1) is 5.41. The molecular formula is C5H6ClF2N3S. The standard InChI is InChI=1S/C5H6ClF2N3S/c1-11(2)4-10-9-3(12-4)5(6,7)8/h1-2H3. The molecule has 1 aromatic heterocycles. The first kappa shape index (κ1) is 9.60. The second-order valence-electron chi connectivity index (χ2n) is 2.28. The minimum atomic E-state index is -3.41. The third kappa shape index (κ3) is 2.01. The lowest BCUT2D eigenvalue weighted by Crippen LogP contribution is -2.07. The van der Waals surface area contributed by atoms with Gasteiger partial charge >= 0.3 is 5.38 Å². The van der Waals surface area contributed by atoms with Crippen LogP contribution in [0.1, 0.15) is 5.01 Å². The van der Waals surface area contributed by atoms with E-state index in [0.29, 0.717) is 5.13 Å². The molecule has 7 heteroatoms. The highest BCUT2D eigenvalue weighted by atomic mass is 35.5. The van der Waals surface area contributed by atoms with Crippen LogP contribution in [0.5, 0.6) is 0 Å². The lowest BCUT2D eigenvalue weighted by molar-refractivity contribution is 0.0939. The van der Waals surface area contributed by atoms with Gasteiger partial charge in [-0.3, -0.25) is 0 Å². The molecule has 68 valence electrons. The molecule has 0 amide bonds. The van der Waals surface area contributed by atoms with Gasteiger partial charge in [-0.05, 0) is 11.6 Å². The van der Waals surface area contributed by atoms with E-state index in [2.05, 4.69) is 10.2 Å². The van der Waals surface area contributed by atoms with Crippen molar-refractivity contribution in [3.63, 3.8) is 0 Å². The van der Waals surface area contributed by atoms with Crippen molar-refractivity contribution in [2.75, 3.05) is 19.0 Å².